The lowest BCUT2D eigenvalue weighted by molar-refractivity contribution is 0.0380. The van der Waals surface area contributed by atoms with Crippen molar-refractivity contribution in [1.82, 2.24) is 0 Å². The van der Waals surface area contributed by atoms with Crippen molar-refractivity contribution >= 4 is 34.0 Å². The highest BCUT2D eigenvalue weighted by Crippen LogP contribution is 2.30. The average Bonchev–Trinajstić information content (AvgIpc) is 2.37. The summed E-state index contributed by atoms with van der Waals surface area (Å²) in [5.41, 5.74) is 6.43. The molecule has 18 heavy (non-hydrogen) atoms. The molecule has 6 heteroatoms. The second-order valence-corrected chi connectivity index (χ2v) is 5.69. The first-order chi connectivity index (χ1) is 8.56. The average molecular weight is 366 g/mol. The van der Waals surface area contributed by atoms with Crippen molar-refractivity contribution in [1.29, 1.82) is 0 Å². The van der Waals surface area contributed by atoms with Crippen molar-refractivity contribution in [3.63, 3.8) is 0 Å². The van der Waals surface area contributed by atoms with Gasteiger partial charge in [-0.15, -0.1) is 0 Å². The van der Waals surface area contributed by atoms with Crippen molar-refractivity contribution in [3.05, 3.63) is 21.5 Å². The Morgan fingerprint density at radius 1 is 1.44 bits per heavy atom. The number of aliphatic hydroxyl groups is 1. The molecule has 4 nitrogen and oxygen atoms in total. The topological polar surface area (TPSA) is 67.5 Å². The predicted molar refractivity (Wildman–Crippen MR) is 77.0 cm³/mol. The lowest BCUT2D eigenvalue weighted by Gasteiger charge is -2.37. The fourth-order valence-corrected chi connectivity index (χ4v) is 2.53. The number of aliphatic hydroxyl groups excluding tert-OH is 1. The molecule has 1 saturated heterocycles. The molecule has 0 spiro atoms. The van der Waals surface area contributed by atoms with Crippen LogP contribution in [-0.2, 0) is 4.74 Å². The van der Waals surface area contributed by atoms with Crippen LogP contribution in [0.25, 0.3) is 0 Å². The van der Waals surface area contributed by atoms with E-state index in [1.54, 1.807) is 6.07 Å². The van der Waals surface area contributed by atoms with Crippen LogP contribution in [0.1, 0.15) is 12.8 Å². The van der Waals surface area contributed by atoms with Crippen LogP contribution in [0.2, 0.25) is 0 Å². The molecule has 0 amide bonds. The van der Waals surface area contributed by atoms with E-state index in [4.69, 9.17) is 10.5 Å². The van der Waals surface area contributed by atoms with Gasteiger partial charge in [0.05, 0.1) is 27.1 Å². The molecule has 1 heterocycles. The van der Waals surface area contributed by atoms with Gasteiger partial charge in [-0.1, -0.05) is 0 Å². The SMILES string of the molecule is Nc1cc(I)c(F)cc1NC1(CO)CCOCC1. The number of halogens is 2. The summed E-state index contributed by atoms with van der Waals surface area (Å²) < 4.78 is 19.3. The molecule has 2 rings (SSSR count). The number of ether oxygens (including phenoxy) is 1. The third-order valence-corrected chi connectivity index (χ3v) is 4.07. The quantitative estimate of drug-likeness (QED) is 0.565. The second-order valence-electron chi connectivity index (χ2n) is 4.53. The van der Waals surface area contributed by atoms with Gasteiger partial charge in [0.2, 0.25) is 0 Å². The van der Waals surface area contributed by atoms with Gasteiger partial charge in [0.1, 0.15) is 5.82 Å². The highest BCUT2D eigenvalue weighted by molar-refractivity contribution is 14.1. The van der Waals surface area contributed by atoms with Crippen molar-refractivity contribution in [3.8, 4) is 0 Å². The van der Waals surface area contributed by atoms with E-state index in [1.807, 2.05) is 22.6 Å². The number of nitrogens with one attached hydrogen (secondary N) is 1. The van der Waals surface area contributed by atoms with Crippen LogP contribution in [0.15, 0.2) is 12.1 Å². The number of hydrogen-bond donors (Lipinski definition) is 3. The minimum absolute atomic E-state index is 0.0244. The summed E-state index contributed by atoms with van der Waals surface area (Å²) in [7, 11) is 0. The number of nitrogen functional groups attached to an aromatic ring is 1. The van der Waals surface area contributed by atoms with Gasteiger partial charge in [0, 0.05) is 19.3 Å². The molecule has 0 aliphatic carbocycles. The van der Waals surface area contributed by atoms with Gasteiger partial charge in [-0.25, -0.2) is 4.39 Å². The normalized spacial score (nSPS) is 18.6. The molecule has 0 bridgehead atoms. The lowest BCUT2D eigenvalue weighted by Crippen LogP contribution is -2.47. The van der Waals surface area contributed by atoms with Gasteiger partial charge in [-0.05, 0) is 41.5 Å². The first-order valence-electron chi connectivity index (χ1n) is 5.78. The zero-order valence-corrected chi connectivity index (χ0v) is 12.0. The number of hydrogen-bond acceptors (Lipinski definition) is 4. The van der Waals surface area contributed by atoms with Gasteiger partial charge in [0.15, 0.2) is 0 Å². The first-order valence-corrected chi connectivity index (χ1v) is 6.85. The molecule has 1 aliphatic heterocycles. The largest absolute Gasteiger partial charge is 0.397 e. The lowest BCUT2D eigenvalue weighted by atomic mass is 9.90. The maximum Gasteiger partial charge on any atom is 0.138 e. The molecule has 1 aromatic rings. The molecule has 0 saturated carbocycles. The van der Waals surface area contributed by atoms with E-state index in [9.17, 15) is 9.50 Å². The number of anilines is 2. The Bertz CT molecular complexity index is 436. The van der Waals surface area contributed by atoms with E-state index < -0.39 is 5.54 Å². The van der Waals surface area contributed by atoms with Crippen LogP contribution in [0, 0.1) is 9.39 Å². The minimum Gasteiger partial charge on any atom is -0.397 e. The molecular weight excluding hydrogens is 350 g/mol. The van der Waals surface area contributed by atoms with E-state index in [-0.39, 0.29) is 12.4 Å². The summed E-state index contributed by atoms with van der Waals surface area (Å²) in [6.07, 6.45) is 1.35. The summed E-state index contributed by atoms with van der Waals surface area (Å²) in [4.78, 5) is 0. The zero-order valence-electron chi connectivity index (χ0n) is 9.88. The molecule has 100 valence electrons. The predicted octanol–water partition coefficient (Wildman–Crippen LogP) is 1.97. The third-order valence-electron chi connectivity index (χ3n) is 3.24. The van der Waals surface area contributed by atoms with E-state index in [0.717, 1.165) is 0 Å². The molecule has 1 aliphatic rings. The summed E-state index contributed by atoms with van der Waals surface area (Å²) >= 11 is 1.90. The molecular formula is C12H16FIN2O2. The van der Waals surface area contributed by atoms with Crippen LogP contribution in [0.4, 0.5) is 15.8 Å². The van der Waals surface area contributed by atoms with Crippen molar-refractivity contribution in [2.45, 2.75) is 18.4 Å². The van der Waals surface area contributed by atoms with Crippen LogP contribution in [-0.4, -0.2) is 30.5 Å². The molecule has 0 atom stereocenters. The van der Waals surface area contributed by atoms with Gasteiger partial charge >= 0.3 is 0 Å². The van der Waals surface area contributed by atoms with E-state index in [2.05, 4.69) is 5.32 Å². The highest BCUT2D eigenvalue weighted by Gasteiger charge is 2.32. The first kappa shape index (κ1) is 13.8. The third kappa shape index (κ3) is 2.86. The van der Waals surface area contributed by atoms with Crippen molar-refractivity contribution in [2.75, 3.05) is 30.9 Å². The van der Waals surface area contributed by atoms with Crippen molar-refractivity contribution in [2.24, 2.45) is 0 Å². The molecule has 4 N–H and O–H groups in total. The van der Waals surface area contributed by atoms with Gasteiger partial charge in [0.25, 0.3) is 0 Å². The van der Waals surface area contributed by atoms with Crippen molar-refractivity contribution < 1.29 is 14.2 Å². The van der Waals surface area contributed by atoms with Gasteiger partial charge < -0.3 is 20.9 Å². The number of rotatable bonds is 3. The molecule has 1 fully saturated rings. The summed E-state index contributed by atoms with van der Waals surface area (Å²) in [5.74, 6) is -0.313. The Labute approximate surface area is 119 Å². The van der Waals surface area contributed by atoms with Crippen LogP contribution in [0.3, 0.4) is 0 Å². The summed E-state index contributed by atoms with van der Waals surface area (Å²) in [5, 5.41) is 12.7. The highest BCUT2D eigenvalue weighted by atomic mass is 127. The molecule has 0 radical (unpaired) electrons. The van der Waals surface area contributed by atoms with Crippen LogP contribution in [0.5, 0.6) is 0 Å². The Balaban J connectivity index is 2.24. The second kappa shape index (κ2) is 5.58. The summed E-state index contributed by atoms with van der Waals surface area (Å²) in [6.45, 7) is 1.14. The summed E-state index contributed by atoms with van der Waals surface area (Å²) in [6, 6.07) is 2.96. The van der Waals surface area contributed by atoms with Crippen LogP contribution < -0.4 is 11.1 Å². The van der Waals surface area contributed by atoms with E-state index >= 15 is 0 Å². The Morgan fingerprint density at radius 2 is 2.11 bits per heavy atom. The smallest absolute Gasteiger partial charge is 0.138 e. The van der Waals surface area contributed by atoms with Crippen LogP contribution >= 0.6 is 22.6 Å². The zero-order chi connectivity index (χ0) is 13.2. The van der Waals surface area contributed by atoms with E-state index in [1.165, 1.54) is 6.07 Å². The molecule has 0 unspecified atom stereocenters. The molecule has 0 aromatic heterocycles. The Kier molecular flexibility index (Phi) is 4.29. The standard InChI is InChI=1S/C12H16FIN2O2/c13-8-5-11(10(15)6-9(8)14)16-12(7-17)1-3-18-4-2-12/h5-6,16-17H,1-4,7,15H2. The molecule has 1 aromatic carbocycles. The fraction of sp³-hybridized carbons (Fsp3) is 0.500. The maximum atomic E-state index is 13.6. The minimum atomic E-state index is -0.467. The van der Waals surface area contributed by atoms with E-state index in [0.29, 0.717) is 41.0 Å². The maximum absolute atomic E-state index is 13.6. The Morgan fingerprint density at radius 3 is 2.72 bits per heavy atom. The number of benzene rings is 1. The van der Waals surface area contributed by atoms with Gasteiger partial charge in [-0.3, -0.25) is 0 Å². The monoisotopic (exact) mass is 366 g/mol. The van der Waals surface area contributed by atoms with Gasteiger partial charge in [-0.2, -0.15) is 0 Å². The fourth-order valence-electron chi connectivity index (χ4n) is 2.04. The Hall–Kier alpha value is -0.600. The number of nitrogens with two attached hydrogens (primary N) is 1.